The standard InChI is InChI=1S/C26H27Cl2N5O3/c27-21-7-6-19(16-22(21)28)17-24(34)31-10-8-30(9-11-31)23-18-29-33(20-4-2-1-3-5-20)26(35)25(23)32-12-14-36-15-13-32/h1-7,16,18H,8-15,17H2. The molecular weight excluding hydrogens is 501 g/mol. The maximum absolute atomic E-state index is 13.7. The fraction of sp³-hybridized carbons (Fsp3) is 0.346. The van der Waals surface area contributed by atoms with Crippen molar-refractivity contribution in [1.29, 1.82) is 0 Å². The highest BCUT2D eigenvalue weighted by atomic mass is 35.5. The molecule has 0 unspecified atom stereocenters. The zero-order chi connectivity index (χ0) is 25.1. The molecule has 3 heterocycles. The fourth-order valence-corrected chi connectivity index (χ4v) is 4.96. The predicted octanol–water partition coefficient (Wildman–Crippen LogP) is 3.27. The summed E-state index contributed by atoms with van der Waals surface area (Å²) in [6, 6.07) is 14.7. The van der Waals surface area contributed by atoms with E-state index in [1.54, 1.807) is 18.3 Å². The third-order valence-electron chi connectivity index (χ3n) is 6.57. The van der Waals surface area contributed by atoms with E-state index in [9.17, 15) is 9.59 Å². The average molecular weight is 528 g/mol. The molecule has 0 saturated carbocycles. The number of rotatable bonds is 5. The third kappa shape index (κ3) is 5.21. The Labute approximate surface area is 219 Å². The number of para-hydroxylation sites is 1. The first-order valence-electron chi connectivity index (χ1n) is 12.0. The van der Waals surface area contributed by atoms with E-state index in [1.807, 2.05) is 41.3 Å². The van der Waals surface area contributed by atoms with Crippen molar-refractivity contribution in [2.45, 2.75) is 6.42 Å². The Hall–Kier alpha value is -3.07. The highest BCUT2D eigenvalue weighted by Gasteiger charge is 2.28. The van der Waals surface area contributed by atoms with Crippen LogP contribution in [-0.4, -0.2) is 73.1 Å². The molecule has 2 aliphatic heterocycles. The number of halogens is 2. The largest absolute Gasteiger partial charge is 0.378 e. The van der Waals surface area contributed by atoms with E-state index in [2.05, 4.69) is 14.9 Å². The lowest BCUT2D eigenvalue weighted by atomic mass is 10.1. The van der Waals surface area contributed by atoms with E-state index in [-0.39, 0.29) is 17.9 Å². The summed E-state index contributed by atoms with van der Waals surface area (Å²) >= 11 is 12.1. The van der Waals surface area contributed by atoms with Crippen molar-refractivity contribution in [1.82, 2.24) is 14.7 Å². The van der Waals surface area contributed by atoms with Crippen LogP contribution in [0.2, 0.25) is 10.0 Å². The van der Waals surface area contributed by atoms with Gasteiger partial charge in [0.25, 0.3) is 5.56 Å². The second-order valence-electron chi connectivity index (χ2n) is 8.82. The average Bonchev–Trinajstić information content (AvgIpc) is 2.91. The summed E-state index contributed by atoms with van der Waals surface area (Å²) in [5.41, 5.74) is 2.83. The van der Waals surface area contributed by atoms with Crippen molar-refractivity contribution in [2.24, 2.45) is 0 Å². The Morgan fingerprint density at radius 1 is 0.889 bits per heavy atom. The molecule has 0 bridgehead atoms. The van der Waals surface area contributed by atoms with Crippen LogP contribution in [0.15, 0.2) is 59.5 Å². The van der Waals surface area contributed by atoms with Crippen molar-refractivity contribution >= 4 is 40.5 Å². The lowest BCUT2D eigenvalue weighted by Crippen LogP contribution is -2.50. The lowest BCUT2D eigenvalue weighted by molar-refractivity contribution is -0.130. The highest BCUT2D eigenvalue weighted by Crippen LogP contribution is 2.28. The molecule has 0 aliphatic carbocycles. The number of ether oxygens (including phenoxy) is 1. The van der Waals surface area contributed by atoms with Crippen LogP contribution in [0.4, 0.5) is 11.4 Å². The normalized spacial score (nSPS) is 16.3. The van der Waals surface area contributed by atoms with Crippen LogP contribution >= 0.6 is 23.2 Å². The van der Waals surface area contributed by atoms with Gasteiger partial charge in [-0.05, 0) is 29.8 Å². The summed E-state index contributed by atoms with van der Waals surface area (Å²) in [5, 5.41) is 5.42. The van der Waals surface area contributed by atoms with Gasteiger partial charge in [0.1, 0.15) is 5.69 Å². The summed E-state index contributed by atoms with van der Waals surface area (Å²) in [6.07, 6.45) is 2.04. The molecule has 1 aromatic heterocycles. The van der Waals surface area contributed by atoms with Gasteiger partial charge < -0.3 is 19.4 Å². The minimum atomic E-state index is -0.154. The van der Waals surface area contributed by atoms with E-state index in [0.717, 1.165) is 16.9 Å². The van der Waals surface area contributed by atoms with Crippen molar-refractivity contribution in [3.63, 3.8) is 0 Å². The van der Waals surface area contributed by atoms with Gasteiger partial charge in [-0.2, -0.15) is 9.78 Å². The molecule has 10 heteroatoms. The molecule has 2 fully saturated rings. The second kappa shape index (κ2) is 10.9. The van der Waals surface area contributed by atoms with Crippen LogP contribution in [0.25, 0.3) is 5.69 Å². The first-order valence-corrected chi connectivity index (χ1v) is 12.7. The molecule has 0 radical (unpaired) electrons. The number of aromatic nitrogens is 2. The summed E-state index contributed by atoms with van der Waals surface area (Å²) in [4.78, 5) is 32.7. The van der Waals surface area contributed by atoms with Gasteiger partial charge in [-0.1, -0.05) is 47.5 Å². The zero-order valence-corrected chi connectivity index (χ0v) is 21.3. The second-order valence-corrected chi connectivity index (χ2v) is 9.64. The van der Waals surface area contributed by atoms with Gasteiger partial charge >= 0.3 is 0 Å². The van der Waals surface area contributed by atoms with Crippen molar-refractivity contribution in [3.05, 3.63) is 80.7 Å². The first-order chi connectivity index (χ1) is 17.5. The first kappa shape index (κ1) is 24.6. The summed E-state index contributed by atoms with van der Waals surface area (Å²) < 4.78 is 6.97. The van der Waals surface area contributed by atoms with E-state index in [1.165, 1.54) is 4.68 Å². The van der Waals surface area contributed by atoms with Gasteiger partial charge in [0.05, 0.1) is 47.3 Å². The molecule has 2 aromatic carbocycles. The van der Waals surface area contributed by atoms with Crippen molar-refractivity contribution in [3.8, 4) is 5.69 Å². The number of morpholine rings is 1. The number of benzene rings is 2. The van der Waals surface area contributed by atoms with Crippen molar-refractivity contribution in [2.75, 3.05) is 62.3 Å². The molecule has 2 aliphatic rings. The molecule has 188 valence electrons. The molecule has 8 nitrogen and oxygen atoms in total. The smallest absolute Gasteiger partial charge is 0.297 e. The van der Waals surface area contributed by atoms with Crippen LogP contribution in [0.1, 0.15) is 5.56 Å². The van der Waals surface area contributed by atoms with Crippen LogP contribution in [-0.2, 0) is 16.0 Å². The molecule has 36 heavy (non-hydrogen) atoms. The minimum absolute atomic E-state index is 0.0408. The molecular formula is C26H27Cl2N5O3. The van der Waals surface area contributed by atoms with Crippen LogP contribution in [0, 0.1) is 0 Å². The zero-order valence-electron chi connectivity index (χ0n) is 19.8. The van der Waals surface area contributed by atoms with E-state index in [4.69, 9.17) is 27.9 Å². The van der Waals surface area contributed by atoms with Gasteiger partial charge in [-0.3, -0.25) is 9.59 Å². The number of nitrogens with zero attached hydrogens (tertiary/aromatic N) is 5. The summed E-state index contributed by atoms with van der Waals surface area (Å²) in [7, 11) is 0. The number of anilines is 2. The van der Waals surface area contributed by atoms with Crippen LogP contribution in [0.3, 0.4) is 0 Å². The topological polar surface area (TPSA) is 70.9 Å². The van der Waals surface area contributed by atoms with Gasteiger partial charge in [0, 0.05) is 39.3 Å². The number of carbonyl (C=O) groups excluding carboxylic acids is 1. The molecule has 0 spiro atoms. The number of carbonyl (C=O) groups is 1. The van der Waals surface area contributed by atoms with E-state index < -0.39 is 0 Å². The van der Waals surface area contributed by atoms with Gasteiger partial charge in [-0.15, -0.1) is 0 Å². The monoisotopic (exact) mass is 527 g/mol. The van der Waals surface area contributed by atoms with Crippen molar-refractivity contribution < 1.29 is 9.53 Å². The Morgan fingerprint density at radius 3 is 2.31 bits per heavy atom. The molecule has 5 rings (SSSR count). The summed E-state index contributed by atoms with van der Waals surface area (Å²) in [5.74, 6) is 0.0408. The maximum Gasteiger partial charge on any atom is 0.297 e. The lowest BCUT2D eigenvalue weighted by Gasteiger charge is -2.38. The Bertz CT molecular complexity index is 1290. The van der Waals surface area contributed by atoms with E-state index >= 15 is 0 Å². The molecule has 3 aromatic rings. The number of hydrogen-bond acceptors (Lipinski definition) is 6. The molecule has 2 saturated heterocycles. The van der Waals surface area contributed by atoms with Gasteiger partial charge in [-0.25, -0.2) is 0 Å². The molecule has 0 atom stereocenters. The molecule has 1 amide bonds. The van der Waals surface area contributed by atoms with Crippen LogP contribution < -0.4 is 15.4 Å². The Kier molecular flexibility index (Phi) is 7.46. The Morgan fingerprint density at radius 2 is 1.61 bits per heavy atom. The Balaban J connectivity index is 1.35. The number of amides is 1. The fourth-order valence-electron chi connectivity index (χ4n) is 4.64. The quantitative estimate of drug-likeness (QED) is 0.507. The number of hydrogen-bond donors (Lipinski definition) is 0. The SMILES string of the molecule is O=C(Cc1ccc(Cl)c(Cl)c1)N1CCN(c2cnn(-c3ccccc3)c(=O)c2N2CCOCC2)CC1. The predicted molar refractivity (Wildman–Crippen MR) is 142 cm³/mol. The minimum Gasteiger partial charge on any atom is -0.378 e. The highest BCUT2D eigenvalue weighted by molar-refractivity contribution is 6.42. The van der Waals surface area contributed by atoms with Gasteiger partial charge in [0.15, 0.2) is 0 Å². The van der Waals surface area contributed by atoms with Gasteiger partial charge in [0.2, 0.25) is 5.91 Å². The van der Waals surface area contributed by atoms with Crippen LogP contribution in [0.5, 0.6) is 0 Å². The maximum atomic E-state index is 13.7. The number of piperazine rings is 1. The van der Waals surface area contributed by atoms with E-state index in [0.29, 0.717) is 68.2 Å². The summed E-state index contributed by atoms with van der Waals surface area (Å²) in [6.45, 7) is 4.77. The third-order valence-corrected chi connectivity index (χ3v) is 7.31. The molecule has 0 N–H and O–H groups in total.